The number of methoxy groups -OCH3 is 1. The Labute approximate surface area is 202 Å². The number of likely N-dealkylation sites (N-methyl/N-ethyl adjacent to an activating group) is 1. The van der Waals surface area contributed by atoms with Crippen LogP contribution >= 0.6 is 0 Å². The molecule has 0 aromatic heterocycles. The molecule has 9 heteroatoms. The fraction of sp³-hybridized carbons (Fsp3) is 0.440. The van der Waals surface area contributed by atoms with Crippen LogP contribution in [0.4, 0.5) is 0 Å². The second kappa shape index (κ2) is 12.0. The summed E-state index contributed by atoms with van der Waals surface area (Å²) >= 11 is 0. The zero-order valence-electron chi connectivity index (χ0n) is 20.7. The molecule has 0 aliphatic rings. The lowest BCUT2D eigenvalue weighted by atomic mass is 10.1. The molecule has 2 amide bonds. The third-order valence-corrected chi connectivity index (χ3v) is 7.23. The second-order valence-corrected chi connectivity index (χ2v) is 10.6. The van der Waals surface area contributed by atoms with Gasteiger partial charge in [0.25, 0.3) is 0 Å². The molecule has 2 aromatic carbocycles. The van der Waals surface area contributed by atoms with Crippen LogP contribution in [0.25, 0.3) is 0 Å². The van der Waals surface area contributed by atoms with Gasteiger partial charge in [-0.3, -0.25) is 9.59 Å². The summed E-state index contributed by atoms with van der Waals surface area (Å²) in [4.78, 5) is 27.9. The molecular weight excluding hydrogens is 454 g/mol. The number of carbonyl (C=O) groups excluding carboxylic acids is 2. The number of ether oxygens (including phenoxy) is 1. The summed E-state index contributed by atoms with van der Waals surface area (Å²) in [5.74, 6) is -0.0571. The molecule has 0 aliphatic heterocycles. The molecule has 0 saturated heterocycles. The highest BCUT2D eigenvalue weighted by molar-refractivity contribution is 7.89. The molecule has 8 nitrogen and oxygen atoms in total. The molecule has 2 rings (SSSR count). The topological polar surface area (TPSA) is 96.0 Å². The van der Waals surface area contributed by atoms with E-state index in [0.29, 0.717) is 12.2 Å². The van der Waals surface area contributed by atoms with Crippen LogP contribution in [-0.4, -0.2) is 62.2 Å². The average molecular weight is 490 g/mol. The van der Waals surface area contributed by atoms with Crippen molar-refractivity contribution < 1.29 is 22.7 Å². The van der Waals surface area contributed by atoms with E-state index in [9.17, 15) is 18.0 Å². The highest BCUT2D eigenvalue weighted by atomic mass is 32.2. The first-order valence-electron chi connectivity index (χ1n) is 11.2. The van der Waals surface area contributed by atoms with E-state index in [-0.39, 0.29) is 23.4 Å². The average Bonchev–Trinajstić information content (AvgIpc) is 2.79. The zero-order valence-corrected chi connectivity index (χ0v) is 21.6. The maximum Gasteiger partial charge on any atom is 0.243 e. The van der Waals surface area contributed by atoms with Crippen LogP contribution in [0.2, 0.25) is 0 Å². The van der Waals surface area contributed by atoms with Crippen LogP contribution in [0.5, 0.6) is 5.75 Å². The van der Waals surface area contributed by atoms with Gasteiger partial charge in [-0.2, -0.15) is 4.31 Å². The van der Waals surface area contributed by atoms with Crippen molar-refractivity contribution in [1.29, 1.82) is 0 Å². The van der Waals surface area contributed by atoms with E-state index >= 15 is 0 Å². The molecule has 0 fully saturated rings. The summed E-state index contributed by atoms with van der Waals surface area (Å²) in [6.45, 7) is 7.16. The van der Waals surface area contributed by atoms with Gasteiger partial charge in [-0.05, 0) is 57.0 Å². The predicted octanol–water partition coefficient (Wildman–Crippen LogP) is 2.96. The van der Waals surface area contributed by atoms with Crippen molar-refractivity contribution in [2.45, 2.75) is 57.6 Å². The zero-order chi connectivity index (χ0) is 25.5. The van der Waals surface area contributed by atoms with E-state index in [1.54, 1.807) is 31.4 Å². The Kier molecular flexibility index (Phi) is 9.64. The number of nitrogens with zero attached hydrogens (tertiary/aromatic N) is 2. The summed E-state index contributed by atoms with van der Waals surface area (Å²) in [5, 5.41) is 2.86. The molecule has 0 unspecified atom stereocenters. The Bertz CT molecular complexity index is 1070. The third-order valence-electron chi connectivity index (χ3n) is 5.42. The summed E-state index contributed by atoms with van der Waals surface area (Å²) in [7, 11) is -0.932. The maximum absolute atomic E-state index is 13.4. The molecule has 2 aromatic rings. The van der Waals surface area contributed by atoms with E-state index in [2.05, 4.69) is 5.32 Å². The molecule has 0 saturated carbocycles. The van der Waals surface area contributed by atoms with Crippen LogP contribution in [0, 0.1) is 6.92 Å². The Balaban J connectivity index is 2.32. The first-order chi connectivity index (χ1) is 16.0. The van der Waals surface area contributed by atoms with E-state index in [1.165, 1.54) is 24.1 Å². The number of aryl methyl sites for hydroxylation is 1. The molecule has 186 valence electrons. The summed E-state index contributed by atoms with van der Waals surface area (Å²) in [6, 6.07) is 12.8. The Morgan fingerprint density at radius 3 is 2.12 bits per heavy atom. The molecular formula is C25H35N3O5S. The summed E-state index contributed by atoms with van der Waals surface area (Å²) in [5.41, 5.74) is 1.74. The molecule has 0 radical (unpaired) electrons. The molecule has 0 aliphatic carbocycles. The van der Waals surface area contributed by atoms with Crippen LogP contribution in [0.3, 0.4) is 0 Å². The van der Waals surface area contributed by atoms with E-state index in [0.717, 1.165) is 15.4 Å². The van der Waals surface area contributed by atoms with Crippen LogP contribution in [0.1, 0.15) is 38.3 Å². The number of hydrogen-bond acceptors (Lipinski definition) is 5. The van der Waals surface area contributed by atoms with Gasteiger partial charge in [0.1, 0.15) is 11.8 Å². The van der Waals surface area contributed by atoms with E-state index < -0.39 is 28.5 Å². The van der Waals surface area contributed by atoms with Gasteiger partial charge in [-0.15, -0.1) is 0 Å². The highest BCUT2D eigenvalue weighted by Crippen LogP contribution is 2.19. The lowest BCUT2D eigenvalue weighted by molar-refractivity contribution is -0.141. The number of sulfonamides is 1. The molecule has 0 bridgehead atoms. The minimum absolute atomic E-state index is 0.0934. The van der Waals surface area contributed by atoms with Gasteiger partial charge >= 0.3 is 0 Å². The summed E-state index contributed by atoms with van der Waals surface area (Å²) in [6.07, 6.45) is 0.384. The lowest BCUT2D eigenvalue weighted by Crippen LogP contribution is -2.52. The maximum atomic E-state index is 13.4. The van der Waals surface area contributed by atoms with Crippen molar-refractivity contribution in [2.24, 2.45) is 0 Å². The van der Waals surface area contributed by atoms with Crippen LogP contribution in [-0.2, 0) is 26.2 Å². The number of carbonyl (C=O) groups is 2. The van der Waals surface area contributed by atoms with Crippen molar-refractivity contribution in [3.63, 3.8) is 0 Å². The largest absolute Gasteiger partial charge is 0.497 e. The van der Waals surface area contributed by atoms with Crippen molar-refractivity contribution in [2.75, 3.05) is 20.7 Å². The van der Waals surface area contributed by atoms with Crippen LogP contribution < -0.4 is 10.1 Å². The molecule has 1 atom stereocenters. The van der Waals surface area contributed by atoms with Gasteiger partial charge < -0.3 is 15.0 Å². The van der Waals surface area contributed by atoms with Crippen molar-refractivity contribution in [3.8, 4) is 5.75 Å². The number of benzene rings is 2. The van der Waals surface area contributed by atoms with Crippen molar-refractivity contribution in [1.82, 2.24) is 14.5 Å². The molecule has 0 heterocycles. The number of hydrogen-bond donors (Lipinski definition) is 1. The molecule has 1 N–H and O–H groups in total. The van der Waals surface area contributed by atoms with Gasteiger partial charge in [0.2, 0.25) is 21.8 Å². The van der Waals surface area contributed by atoms with E-state index in [1.807, 2.05) is 39.8 Å². The fourth-order valence-electron chi connectivity index (χ4n) is 3.48. The van der Waals surface area contributed by atoms with E-state index in [4.69, 9.17) is 4.74 Å². The van der Waals surface area contributed by atoms with Crippen molar-refractivity contribution in [3.05, 3.63) is 59.7 Å². The predicted molar refractivity (Wildman–Crippen MR) is 132 cm³/mol. The highest BCUT2D eigenvalue weighted by Gasteiger charge is 2.32. The monoisotopic (exact) mass is 489 g/mol. The number of rotatable bonds is 11. The Morgan fingerprint density at radius 2 is 1.62 bits per heavy atom. The van der Waals surface area contributed by atoms with Gasteiger partial charge in [-0.1, -0.05) is 36.8 Å². The van der Waals surface area contributed by atoms with Gasteiger partial charge in [-0.25, -0.2) is 8.42 Å². The van der Waals surface area contributed by atoms with Crippen LogP contribution in [0.15, 0.2) is 53.4 Å². The quantitative estimate of drug-likeness (QED) is 0.524. The molecule has 34 heavy (non-hydrogen) atoms. The summed E-state index contributed by atoms with van der Waals surface area (Å²) < 4.78 is 32.2. The first-order valence-corrected chi connectivity index (χ1v) is 12.7. The fourth-order valence-corrected chi connectivity index (χ4v) is 4.60. The minimum Gasteiger partial charge on any atom is -0.497 e. The number of nitrogens with one attached hydrogen (secondary N) is 1. The second-order valence-electron chi connectivity index (χ2n) is 8.53. The van der Waals surface area contributed by atoms with Gasteiger partial charge in [0.05, 0.1) is 18.6 Å². The first kappa shape index (κ1) is 27.3. The Hall–Kier alpha value is -2.91. The smallest absolute Gasteiger partial charge is 0.243 e. The lowest BCUT2D eigenvalue weighted by Gasteiger charge is -2.32. The molecule has 0 spiro atoms. The third kappa shape index (κ3) is 7.04. The van der Waals surface area contributed by atoms with Gasteiger partial charge in [0, 0.05) is 19.6 Å². The number of amides is 2. The Morgan fingerprint density at radius 1 is 1.03 bits per heavy atom. The normalized spacial score (nSPS) is 12.5. The SMILES string of the molecule is CC[C@H](C(=O)NC(C)C)N(Cc1ccc(OC)cc1)C(=O)CN(C)S(=O)(=O)c1ccc(C)cc1. The standard InChI is InChI=1S/C25H35N3O5S/c1-7-23(25(30)26-18(2)3)28(16-20-10-12-21(33-6)13-11-20)24(29)17-27(5)34(31,32)22-14-8-19(4)9-15-22/h8-15,18,23H,7,16-17H2,1-6H3,(H,26,30)/t23-/m1/s1. The van der Waals surface area contributed by atoms with Crippen molar-refractivity contribution >= 4 is 21.8 Å². The minimum atomic E-state index is -3.87. The van der Waals surface area contributed by atoms with Gasteiger partial charge in [0.15, 0.2) is 0 Å².